The van der Waals surface area contributed by atoms with Crippen molar-refractivity contribution in [3.63, 3.8) is 0 Å². The summed E-state index contributed by atoms with van der Waals surface area (Å²) in [5, 5.41) is 13.3. The zero-order valence-electron chi connectivity index (χ0n) is 18.1. The number of carbonyl (C=O) groups is 1. The van der Waals surface area contributed by atoms with E-state index in [9.17, 15) is 4.79 Å². The van der Waals surface area contributed by atoms with Crippen molar-refractivity contribution in [1.29, 1.82) is 0 Å². The summed E-state index contributed by atoms with van der Waals surface area (Å²) in [7, 11) is 0. The molecule has 0 spiro atoms. The number of thioether (sulfide) groups is 1. The van der Waals surface area contributed by atoms with Crippen LogP contribution < -0.4 is 10.2 Å². The fourth-order valence-electron chi connectivity index (χ4n) is 3.11. The first kappa shape index (κ1) is 22.3. The maximum absolute atomic E-state index is 12.3. The van der Waals surface area contributed by atoms with Crippen molar-refractivity contribution in [3.8, 4) is 22.9 Å². The Hall–Kier alpha value is -3.91. The molecule has 0 radical (unpaired) electrons. The van der Waals surface area contributed by atoms with Gasteiger partial charge in [-0.2, -0.15) is 5.10 Å². The summed E-state index contributed by atoms with van der Waals surface area (Å²) in [4.78, 5) is 12.3. The minimum absolute atomic E-state index is 0.182. The average Bonchev–Trinajstić information content (AvgIpc) is 3.27. The highest BCUT2D eigenvalue weighted by atomic mass is 32.2. The number of ether oxygens (including phenoxy) is 1. The van der Waals surface area contributed by atoms with E-state index in [2.05, 4.69) is 20.7 Å². The standard InChI is InChI=1S/C25H23N5O2S/c1-2-30-24(20-11-5-3-6-12-20)28-29-25(30)33-18-23(31)27-26-17-19-10-9-15-22(16-19)32-21-13-7-4-8-14-21/h3-17H,2,18H2,1H3,(H,27,31). The van der Waals surface area contributed by atoms with E-state index >= 15 is 0 Å². The van der Waals surface area contributed by atoms with Crippen LogP contribution in [0.2, 0.25) is 0 Å². The summed E-state index contributed by atoms with van der Waals surface area (Å²) in [6.07, 6.45) is 1.59. The number of hydrogen-bond donors (Lipinski definition) is 1. The molecular weight excluding hydrogens is 434 g/mol. The van der Waals surface area contributed by atoms with Gasteiger partial charge in [0, 0.05) is 12.1 Å². The van der Waals surface area contributed by atoms with E-state index in [1.54, 1.807) is 6.21 Å². The number of hydrazone groups is 1. The molecule has 1 N–H and O–H groups in total. The Balaban J connectivity index is 1.31. The van der Waals surface area contributed by atoms with E-state index in [-0.39, 0.29) is 11.7 Å². The number of carbonyl (C=O) groups excluding carboxylic acids is 1. The summed E-state index contributed by atoms with van der Waals surface area (Å²) < 4.78 is 7.82. The van der Waals surface area contributed by atoms with Crippen molar-refractivity contribution in [3.05, 3.63) is 90.5 Å². The zero-order chi connectivity index (χ0) is 22.9. The lowest BCUT2D eigenvalue weighted by atomic mass is 10.2. The van der Waals surface area contributed by atoms with E-state index < -0.39 is 0 Å². The number of hydrogen-bond acceptors (Lipinski definition) is 6. The van der Waals surface area contributed by atoms with Gasteiger partial charge in [-0.3, -0.25) is 4.79 Å². The Morgan fingerprint density at radius 2 is 1.73 bits per heavy atom. The molecule has 0 aliphatic rings. The number of para-hydroxylation sites is 1. The van der Waals surface area contributed by atoms with Gasteiger partial charge < -0.3 is 9.30 Å². The second-order valence-electron chi connectivity index (χ2n) is 6.99. The molecule has 0 bridgehead atoms. The molecule has 7 nitrogen and oxygen atoms in total. The number of rotatable bonds is 9. The van der Waals surface area contributed by atoms with Gasteiger partial charge in [-0.05, 0) is 36.8 Å². The van der Waals surface area contributed by atoms with Crippen molar-refractivity contribution in [1.82, 2.24) is 20.2 Å². The molecule has 4 aromatic rings. The number of nitrogens with one attached hydrogen (secondary N) is 1. The van der Waals surface area contributed by atoms with Crippen molar-refractivity contribution >= 4 is 23.9 Å². The molecule has 0 unspecified atom stereocenters. The van der Waals surface area contributed by atoms with E-state index in [1.165, 1.54) is 11.8 Å². The van der Waals surface area contributed by atoms with Crippen LogP contribution in [0.3, 0.4) is 0 Å². The lowest BCUT2D eigenvalue weighted by molar-refractivity contribution is -0.118. The van der Waals surface area contributed by atoms with E-state index in [0.29, 0.717) is 17.5 Å². The maximum Gasteiger partial charge on any atom is 0.250 e. The van der Waals surface area contributed by atoms with Gasteiger partial charge in [-0.25, -0.2) is 5.43 Å². The first-order chi connectivity index (χ1) is 16.2. The number of benzene rings is 3. The second kappa shape index (κ2) is 11.1. The molecule has 33 heavy (non-hydrogen) atoms. The molecule has 1 amide bonds. The molecule has 166 valence electrons. The van der Waals surface area contributed by atoms with Crippen LogP contribution in [0, 0.1) is 0 Å². The van der Waals surface area contributed by atoms with Gasteiger partial charge in [0.2, 0.25) is 0 Å². The van der Waals surface area contributed by atoms with Crippen LogP contribution in [0.5, 0.6) is 11.5 Å². The third-order valence-corrected chi connectivity index (χ3v) is 5.60. The predicted octanol–water partition coefficient (Wildman–Crippen LogP) is 5.00. The second-order valence-corrected chi connectivity index (χ2v) is 7.93. The normalized spacial score (nSPS) is 10.9. The molecule has 0 aliphatic heterocycles. The largest absolute Gasteiger partial charge is 0.457 e. The van der Waals surface area contributed by atoms with Crippen LogP contribution in [0.4, 0.5) is 0 Å². The van der Waals surface area contributed by atoms with Gasteiger partial charge in [-0.15, -0.1) is 10.2 Å². The molecule has 0 aliphatic carbocycles. The van der Waals surface area contributed by atoms with Crippen LogP contribution in [0.25, 0.3) is 11.4 Å². The van der Waals surface area contributed by atoms with Crippen LogP contribution >= 0.6 is 11.8 Å². The summed E-state index contributed by atoms with van der Waals surface area (Å²) in [5.74, 6) is 2.20. The van der Waals surface area contributed by atoms with Gasteiger partial charge in [-0.1, -0.05) is 72.4 Å². The van der Waals surface area contributed by atoms with Gasteiger partial charge in [0.25, 0.3) is 5.91 Å². The molecule has 4 rings (SSSR count). The molecular formula is C25H23N5O2S. The van der Waals surface area contributed by atoms with E-state index in [4.69, 9.17) is 4.74 Å². The summed E-state index contributed by atoms with van der Waals surface area (Å²) >= 11 is 1.33. The highest BCUT2D eigenvalue weighted by Crippen LogP contribution is 2.24. The van der Waals surface area contributed by atoms with Crippen molar-refractivity contribution < 1.29 is 9.53 Å². The number of amides is 1. The molecule has 0 saturated carbocycles. The molecule has 1 aromatic heterocycles. The fourth-order valence-corrected chi connectivity index (χ4v) is 3.90. The third-order valence-electron chi connectivity index (χ3n) is 4.64. The quantitative estimate of drug-likeness (QED) is 0.217. The minimum atomic E-state index is -0.222. The summed E-state index contributed by atoms with van der Waals surface area (Å²) in [6.45, 7) is 2.74. The fraction of sp³-hybridized carbons (Fsp3) is 0.120. The molecule has 0 atom stereocenters. The van der Waals surface area contributed by atoms with Gasteiger partial charge in [0.1, 0.15) is 11.5 Å². The topological polar surface area (TPSA) is 81.4 Å². The maximum atomic E-state index is 12.3. The minimum Gasteiger partial charge on any atom is -0.457 e. The summed E-state index contributed by atoms with van der Waals surface area (Å²) in [6, 6.07) is 26.9. The van der Waals surface area contributed by atoms with Gasteiger partial charge in [0.15, 0.2) is 11.0 Å². The molecule has 1 heterocycles. The predicted molar refractivity (Wildman–Crippen MR) is 131 cm³/mol. The average molecular weight is 458 g/mol. The Morgan fingerprint density at radius 3 is 2.48 bits per heavy atom. The highest BCUT2D eigenvalue weighted by Gasteiger charge is 2.14. The zero-order valence-corrected chi connectivity index (χ0v) is 18.9. The van der Waals surface area contributed by atoms with Crippen LogP contribution in [-0.2, 0) is 11.3 Å². The van der Waals surface area contributed by atoms with Crippen molar-refractivity contribution in [2.75, 3.05) is 5.75 Å². The van der Waals surface area contributed by atoms with Gasteiger partial charge >= 0.3 is 0 Å². The Kier molecular flexibility index (Phi) is 7.50. The molecule has 3 aromatic carbocycles. The Morgan fingerprint density at radius 1 is 1.00 bits per heavy atom. The number of aromatic nitrogens is 3. The van der Waals surface area contributed by atoms with Crippen LogP contribution in [0.15, 0.2) is 95.2 Å². The summed E-state index contributed by atoms with van der Waals surface area (Å²) in [5.41, 5.74) is 4.36. The van der Waals surface area contributed by atoms with Crippen molar-refractivity contribution in [2.24, 2.45) is 5.10 Å². The molecule has 0 fully saturated rings. The van der Waals surface area contributed by atoms with Crippen LogP contribution in [0.1, 0.15) is 12.5 Å². The highest BCUT2D eigenvalue weighted by molar-refractivity contribution is 7.99. The monoisotopic (exact) mass is 457 g/mol. The van der Waals surface area contributed by atoms with E-state index in [1.807, 2.05) is 96.4 Å². The van der Waals surface area contributed by atoms with Crippen LogP contribution in [-0.4, -0.2) is 32.6 Å². The third kappa shape index (κ3) is 6.08. The Labute approximate surface area is 196 Å². The molecule has 8 heteroatoms. The first-order valence-corrected chi connectivity index (χ1v) is 11.5. The van der Waals surface area contributed by atoms with Crippen molar-refractivity contribution in [2.45, 2.75) is 18.6 Å². The SMILES string of the molecule is CCn1c(SCC(=O)NN=Cc2cccc(Oc3ccccc3)c2)nnc1-c1ccccc1. The smallest absolute Gasteiger partial charge is 0.250 e. The lowest BCUT2D eigenvalue weighted by Crippen LogP contribution is -2.20. The first-order valence-electron chi connectivity index (χ1n) is 10.5. The molecule has 0 saturated heterocycles. The lowest BCUT2D eigenvalue weighted by Gasteiger charge is -2.07. The van der Waals surface area contributed by atoms with Gasteiger partial charge in [0.05, 0.1) is 12.0 Å². The Bertz CT molecular complexity index is 1230. The van der Waals surface area contributed by atoms with E-state index in [0.717, 1.165) is 22.7 Å². The number of nitrogens with zero attached hydrogens (tertiary/aromatic N) is 4.